The number of halogens is 3. The minimum atomic E-state index is -4.27. The fraction of sp³-hybridized carbons (Fsp3) is 0.500. The van der Waals surface area contributed by atoms with Crippen LogP contribution >= 0.6 is 11.3 Å². The Balaban J connectivity index is 2.07. The van der Waals surface area contributed by atoms with Crippen molar-refractivity contribution in [3.05, 3.63) is 21.9 Å². The summed E-state index contributed by atoms with van der Waals surface area (Å²) in [5.74, 6) is 0. The SMILES string of the molecule is N#Cc1ccc(CNCCOCC(F)(F)F)s1. The number of hydrogen-bond acceptors (Lipinski definition) is 4. The lowest BCUT2D eigenvalue weighted by molar-refractivity contribution is -0.173. The highest BCUT2D eigenvalue weighted by Crippen LogP contribution is 2.15. The van der Waals surface area contributed by atoms with Gasteiger partial charge in [0.05, 0.1) is 6.61 Å². The van der Waals surface area contributed by atoms with Crippen molar-refractivity contribution in [2.24, 2.45) is 0 Å². The molecule has 0 amide bonds. The molecule has 1 aromatic rings. The lowest BCUT2D eigenvalue weighted by Crippen LogP contribution is -2.23. The van der Waals surface area contributed by atoms with Crippen molar-refractivity contribution in [3.8, 4) is 6.07 Å². The third kappa shape index (κ3) is 6.26. The summed E-state index contributed by atoms with van der Waals surface area (Å²) < 4.78 is 39.5. The zero-order valence-corrected chi connectivity index (χ0v) is 9.70. The molecule has 7 heteroatoms. The number of nitriles is 1. The van der Waals surface area contributed by atoms with Gasteiger partial charge < -0.3 is 10.1 Å². The Labute approximate surface area is 101 Å². The van der Waals surface area contributed by atoms with Gasteiger partial charge in [-0.3, -0.25) is 0 Å². The van der Waals surface area contributed by atoms with E-state index < -0.39 is 12.8 Å². The molecule has 1 rings (SSSR count). The van der Waals surface area contributed by atoms with Crippen molar-refractivity contribution < 1.29 is 17.9 Å². The number of alkyl halides is 3. The summed E-state index contributed by atoms with van der Waals surface area (Å²) in [6.07, 6.45) is -4.27. The maximum absolute atomic E-state index is 11.7. The van der Waals surface area contributed by atoms with E-state index in [2.05, 4.69) is 10.1 Å². The molecule has 0 atom stereocenters. The fourth-order valence-corrected chi connectivity index (χ4v) is 1.85. The van der Waals surface area contributed by atoms with Crippen molar-refractivity contribution in [1.82, 2.24) is 5.32 Å². The van der Waals surface area contributed by atoms with Crippen LogP contribution in [-0.4, -0.2) is 25.9 Å². The average Bonchev–Trinajstić information content (AvgIpc) is 2.69. The third-order valence-electron chi connectivity index (χ3n) is 1.76. The Morgan fingerprint density at radius 2 is 2.18 bits per heavy atom. The topological polar surface area (TPSA) is 45.0 Å². The van der Waals surface area contributed by atoms with Crippen LogP contribution in [0.2, 0.25) is 0 Å². The van der Waals surface area contributed by atoms with Gasteiger partial charge in [0.2, 0.25) is 0 Å². The molecule has 0 aliphatic heterocycles. The zero-order valence-electron chi connectivity index (χ0n) is 8.88. The molecular formula is C10H11F3N2OS. The van der Waals surface area contributed by atoms with Gasteiger partial charge in [0, 0.05) is 18.0 Å². The van der Waals surface area contributed by atoms with Crippen LogP contribution in [0.4, 0.5) is 13.2 Å². The Hall–Kier alpha value is -1.10. The molecule has 1 heterocycles. The van der Waals surface area contributed by atoms with Crippen LogP contribution in [-0.2, 0) is 11.3 Å². The highest BCUT2D eigenvalue weighted by molar-refractivity contribution is 7.12. The minimum absolute atomic E-state index is 0.00991. The summed E-state index contributed by atoms with van der Waals surface area (Å²) >= 11 is 1.36. The minimum Gasteiger partial charge on any atom is -0.371 e. The predicted octanol–water partition coefficient (Wildman–Crippen LogP) is 2.29. The maximum Gasteiger partial charge on any atom is 0.411 e. The van der Waals surface area contributed by atoms with Gasteiger partial charge in [-0.05, 0) is 12.1 Å². The molecule has 0 bridgehead atoms. The number of nitrogens with one attached hydrogen (secondary N) is 1. The van der Waals surface area contributed by atoms with E-state index in [1.807, 2.05) is 12.1 Å². The summed E-state index contributed by atoms with van der Waals surface area (Å²) in [6.45, 7) is -0.333. The van der Waals surface area contributed by atoms with Crippen molar-refractivity contribution >= 4 is 11.3 Å². The normalized spacial score (nSPS) is 11.4. The van der Waals surface area contributed by atoms with Gasteiger partial charge in [-0.15, -0.1) is 11.3 Å². The smallest absolute Gasteiger partial charge is 0.371 e. The quantitative estimate of drug-likeness (QED) is 0.802. The number of thiophene rings is 1. The van der Waals surface area contributed by atoms with Crippen LogP contribution in [0.3, 0.4) is 0 Å². The number of ether oxygens (including phenoxy) is 1. The largest absolute Gasteiger partial charge is 0.411 e. The van der Waals surface area contributed by atoms with Gasteiger partial charge in [0.15, 0.2) is 0 Å². The van der Waals surface area contributed by atoms with Crippen molar-refractivity contribution in [3.63, 3.8) is 0 Å². The van der Waals surface area contributed by atoms with Gasteiger partial charge in [-0.2, -0.15) is 18.4 Å². The molecule has 0 unspecified atom stereocenters. The van der Waals surface area contributed by atoms with Crippen LogP contribution in [0.15, 0.2) is 12.1 Å². The first-order valence-electron chi connectivity index (χ1n) is 4.85. The predicted molar refractivity (Wildman–Crippen MR) is 57.6 cm³/mol. The van der Waals surface area contributed by atoms with E-state index in [0.717, 1.165) is 4.88 Å². The van der Waals surface area contributed by atoms with E-state index in [9.17, 15) is 13.2 Å². The first kappa shape index (κ1) is 14.0. The molecule has 0 fully saturated rings. The Morgan fingerprint density at radius 1 is 1.41 bits per heavy atom. The summed E-state index contributed by atoms with van der Waals surface area (Å²) in [5.41, 5.74) is 0. The van der Waals surface area contributed by atoms with Gasteiger partial charge in [0.1, 0.15) is 17.6 Å². The highest BCUT2D eigenvalue weighted by Gasteiger charge is 2.27. The van der Waals surface area contributed by atoms with E-state index in [1.54, 1.807) is 6.07 Å². The molecular weight excluding hydrogens is 253 g/mol. The van der Waals surface area contributed by atoms with Crippen LogP contribution in [0.25, 0.3) is 0 Å². The van der Waals surface area contributed by atoms with Crippen molar-refractivity contribution in [1.29, 1.82) is 5.26 Å². The molecule has 0 aliphatic rings. The summed E-state index contributed by atoms with van der Waals surface area (Å²) in [5, 5.41) is 11.5. The standard InChI is InChI=1S/C10H11F3N2OS/c11-10(12,13)7-16-4-3-15-6-9-2-1-8(5-14)17-9/h1-2,15H,3-4,6-7H2. The second kappa shape index (κ2) is 6.59. The molecule has 1 aromatic heterocycles. The van der Waals surface area contributed by atoms with Gasteiger partial charge in [-0.25, -0.2) is 0 Å². The van der Waals surface area contributed by atoms with E-state index in [-0.39, 0.29) is 6.61 Å². The maximum atomic E-state index is 11.7. The number of rotatable bonds is 6. The van der Waals surface area contributed by atoms with Crippen LogP contribution in [0, 0.1) is 11.3 Å². The van der Waals surface area contributed by atoms with E-state index >= 15 is 0 Å². The molecule has 0 aliphatic carbocycles. The van der Waals surface area contributed by atoms with E-state index in [4.69, 9.17) is 5.26 Å². The molecule has 0 spiro atoms. The van der Waals surface area contributed by atoms with Crippen molar-refractivity contribution in [2.45, 2.75) is 12.7 Å². The fourth-order valence-electron chi connectivity index (χ4n) is 1.08. The van der Waals surface area contributed by atoms with Crippen LogP contribution < -0.4 is 5.32 Å². The molecule has 0 aromatic carbocycles. The lowest BCUT2D eigenvalue weighted by Gasteiger charge is -2.07. The molecule has 1 N–H and O–H groups in total. The molecule has 94 valence electrons. The molecule has 0 radical (unpaired) electrons. The summed E-state index contributed by atoms with van der Waals surface area (Å²) in [4.78, 5) is 1.59. The molecule has 0 saturated heterocycles. The first-order valence-corrected chi connectivity index (χ1v) is 5.67. The second-order valence-electron chi connectivity index (χ2n) is 3.22. The highest BCUT2D eigenvalue weighted by atomic mass is 32.1. The Morgan fingerprint density at radius 3 is 2.76 bits per heavy atom. The van der Waals surface area contributed by atoms with Gasteiger partial charge in [-0.1, -0.05) is 0 Å². The summed E-state index contributed by atoms with van der Waals surface area (Å²) in [6, 6.07) is 5.54. The van der Waals surface area contributed by atoms with E-state index in [0.29, 0.717) is 18.0 Å². The van der Waals surface area contributed by atoms with E-state index in [1.165, 1.54) is 11.3 Å². The van der Waals surface area contributed by atoms with Crippen LogP contribution in [0.5, 0.6) is 0 Å². The molecule has 17 heavy (non-hydrogen) atoms. The number of hydrogen-bond donors (Lipinski definition) is 1. The zero-order chi connectivity index (χ0) is 12.7. The van der Waals surface area contributed by atoms with Crippen molar-refractivity contribution in [2.75, 3.05) is 19.8 Å². The molecule has 0 saturated carbocycles. The Bertz CT molecular complexity index is 384. The molecule has 3 nitrogen and oxygen atoms in total. The van der Waals surface area contributed by atoms with Gasteiger partial charge >= 0.3 is 6.18 Å². The average molecular weight is 264 g/mol. The lowest BCUT2D eigenvalue weighted by atomic mass is 10.4. The monoisotopic (exact) mass is 264 g/mol. The second-order valence-corrected chi connectivity index (χ2v) is 4.39. The number of nitrogens with zero attached hydrogens (tertiary/aromatic N) is 1. The van der Waals surface area contributed by atoms with Gasteiger partial charge in [0.25, 0.3) is 0 Å². The summed E-state index contributed by atoms with van der Waals surface area (Å²) in [7, 11) is 0. The third-order valence-corrected chi connectivity index (χ3v) is 2.75. The Kier molecular flexibility index (Phi) is 5.41. The van der Waals surface area contributed by atoms with Crippen LogP contribution in [0.1, 0.15) is 9.75 Å². The first-order chi connectivity index (χ1) is 8.01.